The highest BCUT2D eigenvalue weighted by molar-refractivity contribution is 5.92. The largest absolute Gasteiger partial charge is 0.494 e. The normalized spacial score (nSPS) is 10.2. The molecule has 0 aromatic heterocycles. The quantitative estimate of drug-likeness (QED) is 0.771. The number of nitrogens with one attached hydrogen (secondary N) is 1. The number of anilines is 3. The number of methoxy groups -OCH3 is 1. The Morgan fingerprint density at radius 1 is 1.22 bits per heavy atom. The van der Waals surface area contributed by atoms with Crippen molar-refractivity contribution >= 4 is 23.0 Å². The number of carbonyl (C=O) groups excluding carboxylic acids is 1. The predicted molar refractivity (Wildman–Crippen MR) is 95.0 cm³/mol. The summed E-state index contributed by atoms with van der Waals surface area (Å²) in [5, 5.41) is 2.86. The van der Waals surface area contributed by atoms with Gasteiger partial charge in [-0.25, -0.2) is 0 Å². The Morgan fingerprint density at radius 3 is 2.65 bits per heavy atom. The minimum atomic E-state index is -0.0328. The minimum absolute atomic E-state index is 0.0328. The molecule has 0 spiro atoms. The van der Waals surface area contributed by atoms with Crippen LogP contribution in [-0.4, -0.2) is 26.6 Å². The number of amides is 1. The summed E-state index contributed by atoms with van der Waals surface area (Å²) in [6.45, 7) is 0.816. The molecular formula is C18H23N3O2. The standard InChI is InChI=1S/C18H23N3O2/c1-21(15-7-4-3-5-8-15)12-6-9-18(22)20-16-11-10-14(19)13-17(16)23-2/h3-5,7-8,10-11,13H,6,9,12,19H2,1-2H3,(H,20,22). The van der Waals surface area contributed by atoms with Crippen molar-refractivity contribution in [3.8, 4) is 5.75 Å². The van der Waals surface area contributed by atoms with Crippen LogP contribution < -0.4 is 20.7 Å². The predicted octanol–water partition coefficient (Wildman–Crippen LogP) is 3.13. The van der Waals surface area contributed by atoms with Crippen molar-refractivity contribution in [2.75, 3.05) is 36.7 Å². The molecule has 23 heavy (non-hydrogen) atoms. The van der Waals surface area contributed by atoms with E-state index in [1.54, 1.807) is 25.3 Å². The first-order valence-corrected chi connectivity index (χ1v) is 7.59. The lowest BCUT2D eigenvalue weighted by molar-refractivity contribution is -0.116. The second-order valence-electron chi connectivity index (χ2n) is 5.37. The van der Waals surface area contributed by atoms with Gasteiger partial charge in [-0.2, -0.15) is 0 Å². The Bertz CT molecular complexity index is 644. The van der Waals surface area contributed by atoms with Gasteiger partial charge in [-0.05, 0) is 30.7 Å². The number of nitrogens with two attached hydrogens (primary N) is 1. The molecule has 3 N–H and O–H groups in total. The smallest absolute Gasteiger partial charge is 0.224 e. The first kappa shape index (κ1) is 16.7. The van der Waals surface area contributed by atoms with Crippen LogP contribution in [0.25, 0.3) is 0 Å². The second kappa shape index (κ2) is 8.08. The Morgan fingerprint density at radius 2 is 1.96 bits per heavy atom. The summed E-state index contributed by atoms with van der Waals surface area (Å²) in [7, 11) is 3.58. The molecule has 1 amide bonds. The van der Waals surface area contributed by atoms with E-state index in [4.69, 9.17) is 10.5 Å². The van der Waals surface area contributed by atoms with Crippen molar-refractivity contribution in [2.45, 2.75) is 12.8 Å². The highest BCUT2D eigenvalue weighted by atomic mass is 16.5. The average Bonchev–Trinajstić information content (AvgIpc) is 2.57. The molecule has 0 bridgehead atoms. The Hall–Kier alpha value is -2.69. The third-order valence-electron chi connectivity index (χ3n) is 3.59. The first-order chi connectivity index (χ1) is 11.1. The average molecular weight is 313 g/mol. The van der Waals surface area contributed by atoms with E-state index in [1.165, 1.54) is 0 Å². The van der Waals surface area contributed by atoms with Gasteiger partial charge >= 0.3 is 0 Å². The van der Waals surface area contributed by atoms with Crippen molar-refractivity contribution in [1.29, 1.82) is 0 Å². The first-order valence-electron chi connectivity index (χ1n) is 7.59. The van der Waals surface area contributed by atoms with Gasteiger partial charge in [-0.15, -0.1) is 0 Å². The SMILES string of the molecule is COc1cc(N)ccc1NC(=O)CCCN(C)c1ccccc1. The molecule has 0 heterocycles. The maximum atomic E-state index is 12.1. The molecule has 0 fully saturated rings. The van der Waals surface area contributed by atoms with E-state index in [9.17, 15) is 4.79 Å². The van der Waals surface area contributed by atoms with Crippen LogP contribution in [0.4, 0.5) is 17.1 Å². The lowest BCUT2D eigenvalue weighted by atomic mass is 10.2. The number of hydrogen-bond donors (Lipinski definition) is 2. The molecule has 2 rings (SSSR count). The van der Waals surface area contributed by atoms with Gasteiger partial charge in [-0.3, -0.25) is 4.79 Å². The Kier molecular flexibility index (Phi) is 5.86. The molecular weight excluding hydrogens is 290 g/mol. The van der Waals surface area contributed by atoms with Crippen LogP contribution in [0.1, 0.15) is 12.8 Å². The zero-order valence-corrected chi connectivity index (χ0v) is 13.6. The summed E-state index contributed by atoms with van der Waals surface area (Å²) in [5.74, 6) is 0.536. The minimum Gasteiger partial charge on any atom is -0.494 e. The summed E-state index contributed by atoms with van der Waals surface area (Å²) >= 11 is 0. The fourth-order valence-electron chi connectivity index (χ4n) is 2.31. The van der Waals surface area contributed by atoms with Crippen LogP contribution in [0.15, 0.2) is 48.5 Å². The van der Waals surface area contributed by atoms with Crippen molar-refractivity contribution in [3.05, 3.63) is 48.5 Å². The third-order valence-corrected chi connectivity index (χ3v) is 3.59. The molecule has 0 aliphatic heterocycles. The van der Waals surface area contributed by atoms with Crippen LogP contribution >= 0.6 is 0 Å². The monoisotopic (exact) mass is 313 g/mol. The van der Waals surface area contributed by atoms with Gasteiger partial charge < -0.3 is 20.7 Å². The number of nitrogens with zero attached hydrogens (tertiary/aromatic N) is 1. The molecule has 0 atom stereocenters. The molecule has 0 aliphatic carbocycles. The zero-order chi connectivity index (χ0) is 16.7. The molecule has 0 radical (unpaired) electrons. The van der Waals surface area contributed by atoms with Crippen molar-refractivity contribution in [2.24, 2.45) is 0 Å². The Labute approximate surface area is 137 Å². The van der Waals surface area contributed by atoms with E-state index in [0.29, 0.717) is 23.5 Å². The molecule has 122 valence electrons. The maximum Gasteiger partial charge on any atom is 0.224 e. The van der Waals surface area contributed by atoms with Crippen molar-refractivity contribution in [3.63, 3.8) is 0 Å². The van der Waals surface area contributed by atoms with Crippen LogP contribution in [0.5, 0.6) is 5.75 Å². The van der Waals surface area contributed by atoms with Gasteiger partial charge in [0.15, 0.2) is 0 Å². The molecule has 5 nitrogen and oxygen atoms in total. The van der Waals surface area contributed by atoms with Crippen LogP contribution in [-0.2, 0) is 4.79 Å². The van der Waals surface area contributed by atoms with Gasteiger partial charge in [-0.1, -0.05) is 18.2 Å². The lowest BCUT2D eigenvalue weighted by Gasteiger charge is -2.19. The van der Waals surface area contributed by atoms with Crippen molar-refractivity contribution in [1.82, 2.24) is 0 Å². The number of ether oxygens (including phenoxy) is 1. The van der Waals surface area contributed by atoms with Gasteiger partial charge in [0.1, 0.15) is 5.75 Å². The number of hydrogen-bond acceptors (Lipinski definition) is 4. The molecule has 5 heteroatoms. The molecule has 0 saturated carbocycles. The summed E-state index contributed by atoms with van der Waals surface area (Å²) in [6.07, 6.45) is 1.22. The maximum absolute atomic E-state index is 12.1. The van der Waals surface area contributed by atoms with Crippen LogP contribution in [0, 0.1) is 0 Å². The molecule has 2 aromatic rings. The summed E-state index contributed by atoms with van der Waals surface area (Å²) in [6, 6.07) is 15.3. The summed E-state index contributed by atoms with van der Waals surface area (Å²) in [5.41, 5.74) is 8.09. The fraction of sp³-hybridized carbons (Fsp3) is 0.278. The van der Waals surface area contributed by atoms with Gasteiger partial charge in [0.05, 0.1) is 12.8 Å². The third kappa shape index (κ3) is 4.92. The number of benzene rings is 2. The van der Waals surface area contributed by atoms with E-state index in [-0.39, 0.29) is 5.91 Å². The zero-order valence-electron chi connectivity index (χ0n) is 13.6. The molecule has 0 aliphatic rings. The van der Waals surface area contributed by atoms with E-state index in [1.807, 2.05) is 25.2 Å². The number of rotatable bonds is 7. The summed E-state index contributed by atoms with van der Waals surface area (Å²) < 4.78 is 5.22. The van der Waals surface area contributed by atoms with E-state index in [2.05, 4.69) is 22.3 Å². The Balaban J connectivity index is 1.82. The van der Waals surface area contributed by atoms with E-state index in [0.717, 1.165) is 18.7 Å². The van der Waals surface area contributed by atoms with E-state index < -0.39 is 0 Å². The molecule has 2 aromatic carbocycles. The number of nitrogen functional groups attached to an aromatic ring is 1. The topological polar surface area (TPSA) is 67.6 Å². The van der Waals surface area contributed by atoms with Gasteiger partial charge in [0, 0.05) is 37.5 Å². The van der Waals surface area contributed by atoms with Crippen molar-refractivity contribution < 1.29 is 9.53 Å². The summed E-state index contributed by atoms with van der Waals surface area (Å²) in [4.78, 5) is 14.2. The van der Waals surface area contributed by atoms with Crippen LogP contribution in [0.3, 0.4) is 0 Å². The van der Waals surface area contributed by atoms with Crippen LogP contribution in [0.2, 0.25) is 0 Å². The molecule has 0 unspecified atom stereocenters. The lowest BCUT2D eigenvalue weighted by Crippen LogP contribution is -2.20. The van der Waals surface area contributed by atoms with E-state index >= 15 is 0 Å². The van der Waals surface area contributed by atoms with Gasteiger partial charge in [0.2, 0.25) is 5.91 Å². The number of para-hydroxylation sites is 1. The second-order valence-corrected chi connectivity index (χ2v) is 5.37. The molecule has 0 saturated heterocycles. The highest BCUT2D eigenvalue weighted by Crippen LogP contribution is 2.26. The fourth-order valence-corrected chi connectivity index (χ4v) is 2.31. The van der Waals surface area contributed by atoms with Gasteiger partial charge in [0.25, 0.3) is 0 Å². The number of carbonyl (C=O) groups is 1. The highest BCUT2D eigenvalue weighted by Gasteiger charge is 2.08.